The van der Waals surface area contributed by atoms with Gasteiger partial charge in [0.2, 0.25) is 0 Å². The zero-order valence-electron chi connectivity index (χ0n) is 8.30. The van der Waals surface area contributed by atoms with Gasteiger partial charge in [0.05, 0.1) is 12.3 Å². The van der Waals surface area contributed by atoms with Gasteiger partial charge in [-0.2, -0.15) is 0 Å². The normalized spacial score (nSPS) is 20.4. The fourth-order valence-electron chi connectivity index (χ4n) is 1.98. The molecule has 3 nitrogen and oxygen atoms in total. The zero-order chi connectivity index (χ0) is 11.1. The molecule has 1 aromatic carbocycles. The van der Waals surface area contributed by atoms with Gasteiger partial charge in [0.1, 0.15) is 0 Å². The highest BCUT2D eigenvalue weighted by Crippen LogP contribution is 2.36. The van der Waals surface area contributed by atoms with Crippen molar-refractivity contribution in [2.75, 3.05) is 0 Å². The minimum absolute atomic E-state index is 0.166. The van der Waals surface area contributed by atoms with E-state index in [9.17, 15) is 9.59 Å². The SMILES string of the molecule is O=C1CC(c2csc3ccccc23)C(=O)O1. The van der Waals surface area contributed by atoms with Crippen LogP contribution in [0.2, 0.25) is 0 Å². The predicted molar refractivity (Wildman–Crippen MR) is 60.3 cm³/mol. The summed E-state index contributed by atoms with van der Waals surface area (Å²) < 4.78 is 5.70. The molecule has 1 unspecified atom stereocenters. The molecule has 80 valence electrons. The number of carbonyl (C=O) groups excluding carboxylic acids is 2. The Morgan fingerprint density at radius 1 is 1.25 bits per heavy atom. The summed E-state index contributed by atoms with van der Waals surface area (Å²) in [6, 6.07) is 7.87. The minimum Gasteiger partial charge on any atom is -0.393 e. The van der Waals surface area contributed by atoms with Gasteiger partial charge in [0.15, 0.2) is 0 Å². The Morgan fingerprint density at radius 2 is 2.06 bits per heavy atom. The number of hydrogen-bond acceptors (Lipinski definition) is 4. The van der Waals surface area contributed by atoms with Crippen molar-refractivity contribution in [1.29, 1.82) is 0 Å². The molecule has 1 aliphatic heterocycles. The lowest BCUT2D eigenvalue weighted by Crippen LogP contribution is -2.04. The van der Waals surface area contributed by atoms with Gasteiger partial charge in [0.25, 0.3) is 0 Å². The average Bonchev–Trinajstić information content (AvgIpc) is 2.81. The Hall–Kier alpha value is -1.68. The molecule has 0 N–H and O–H groups in total. The maximum atomic E-state index is 11.5. The third-order valence-electron chi connectivity index (χ3n) is 2.76. The molecule has 1 atom stereocenters. The van der Waals surface area contributed by atoms with Gasteiger partial charge in [-0.05, 0) is 22.4 Å². The van der Waals surface area contributed by atoms with Gasteiger partial charge in [-0.3, -0.25) is 9.59 Å². The van der Waals surface area contributed by atoms with Crippen molar-refractivity contribution in [3.05, 3.63) is 35.2 Å². The van der Waals surface area contributed by atoms with E-state index in [0.717, 1.165) is 15.6 Å². The van der Waals surface area contributed by atoms with Crippen LogP contribution < -0.4 is 0 Å². The maximum absolute atomic E-state index is 11.5. The molecule has 3 rings (SSSR count). The van der Waals surface area contributed by atoms with Crippen LogP contribution in [0.4, 0.5) is 0 Å². The van der Waals surface area contributed by atoms with Crippen LogP contribution in [-0.4, -0.2) is 11.9 Å². The molecule has 0 spiro atoms. The first-order valence-electron chi connectivity index (χ1n) is 4.96. The number of rotatable bonds is 1. The molecule has 0 radical (unpaired) electrons. The number of cyclic esters (lactones) is 2. The first-order chi connectivity index (χ1) is 7.75. The molecule has 2 heterocycles. The third-order valence-corrected chi connectivity index (χ3v) is 3.74. The Labute approximate surface area is 95.6 Å². The van der Waals surface area contributed by atoms with Crippen molar-refractivity contribution in [1.82, 2.24) is 0 Å². The molecule has 0 bridgehead atoms. The van der Waals surface area contributed by atoms with Crippen molar-refractivity contribution >= 4 is 33.4 Å². The molecular weight excluding hydrogens is 224 g/mol. The molecule has 1 fully saturated rings. The van der Waals surface area contributed by atoms with E-state index in [1.54, 1.807) is 11.3 Å². The molecule has 4 heteroatoms. The Kier molecular flexibility index (Phi) is 2.04. The monoisotopic (exact) mass is 232 g/mol. The second-order valence-corrected chi connectivity index (χ2v) is 4.65. The first kappa shape index (κ1) is 9.54. The number of esters is 2. The molecule has 16 heavy (non-hydrogen) atoms. The van der Waals surface area contributed by atoms with Gasteiger partial charge >= 0.3 is 11.9 Å². The highest BCUT2D eigenvalue weighted by Gasteiger charge is 2.35. The summed E-state index contributed by atoms with van der Waals surface area (Å²) >= 11 is 1.58. The van der Waals surface area contributed by atoms with E-state index in [2.05, 4.69) is 4.74 Å². The second kappa shape index (κ2) is 3.42. The summed E-state index contributed by atoms with van der Waals surface area (Å²) in [6.07, 6.45) is 0.166. The fourth-order valence-corrected chi connectivity index (χ4v) is 3.00. The molecule has 0 saturated carbocycles. The smallest absolute Gasteiger partial charge is 0.321 e. The summed E-state index contributed by atoms with van der Waals surface area (Å²) in [4.78, 5) is 22.5. The van der Waals surface area contributed by atoms with Crippen LogP contribution in [0.1, 0.15) is 17.9 Å². The van der Waals surface area contributed by atoms with E-state index in [0.29, 0.717) is 0 Å². The van der Waals surface area contributed by atoms with Gasteiger partial charge in [-0.25, -0.2) is 0 Å². The average molecular weight is 232 g/mol. The van der Waals surface area contributed by atoms with E-state index in [4.69, 9.17) is 0 Å². The molecule has 0 amide bonds. The van der Waals surface area contributed by atoms with Crippen LogP contribution >= 0.6 is 11.3 Å². The Balaban J connectivity index is 2.13. The largest absolute Gasteiger partial charge is 0.393 e. The van der Waals surface area contributed by atoms with Crippen molar-refractivity contribution in [2.24, 2.45) is 0 Å². The number of hydrogen-bond donors (Lipinski definition) is 0. The molecule has 1 aromatic heterocycles. The first-order valence-corrected chi connectivity index (χ1v) is 5.84. The lowest BCUT2D eigenvalue weighted by molar-refractivity contribution is -0.152. The minimum atomic E-state index is -0.426. The van der Waals surface area contributed by atoms with Crippen LogP contribution in [0.25, 0.3) is 10.1 Å². The summed E-state index contributed by atoms with van der Waals surface area (Å²) in [5, 5.41) is 2.99. The van der Waals surface area contributed by atoms with E-state index >= 15 is 0 Å². The second-order valence-electron chi connectivity index (χ2n) is 3.74. The molecule has 2 aromatic rings. The van der Waals surface area contributed by atoms with Crippen LogP contribution in [-0.2, 0) is 14.3 Å². The Morgan fingerprint density at radius 3 is 2.81 bits per heavy atom. The molecule has 1 aliphatic rings. The molecule has 1 saturated heterocycles. The number of fused-ring (bicyclic) bond motifs is 1. The highest BCUT2D eigenvalue weighted by atomic mass is 32.1. The number of thiophene rings is 1. The van der Waals surface area contributed by atoms with Gasteiger partial charge in [-0.1, -0.05) is 18.2 Å². The van der Waals surface area contributed by atoms with Crippen molar-refractivity contribution < 1.29 is 14.3 Å². The number of benzene rings is 1. The zero-order valence-corrected chi connectivity index (χ0v) is 9.12. The predicted octanol–water partition coefficient (Wildman–Crippen LogP) is 2.46. The van der Waals surface area contributed by atoms with Crippen LogP contribution in [0, 0.1) is 0 Å². The van der Waals surface area contributed by atoms with Crippen LogP contribution in [0.3, 0.4) is 0 Å². The quantitative estimate of drug-likeness (QED) is 0.560. The van der Waals surface area contributed by atoms with E-state index in [1.165, 1.54) is 0 Å². The third kappa shape index (κ3) is 1.34. The van der Waals surface area contributed by atoms with E-state index in [1.807, 2.05) is 29.6 Å². The van der Waals surface area contributed by atoms with E-state index < -0.39 is 17.9 Å². The maximum Gasteiger partial charge on any atom is 0.321 e. The molecule has 0 aliphatic carbocycles. The van der Waals surface area contributed by atoms with Gasteiger partial charge < -0.3 is 4.74 Å². The van der Waals surface area contributed by atoms with Gasteiger partial charge in [-0.15, -0.1) is 11.3 Å². The lowest BCUT2D eigenvalue weighted by atomic mass is 9.97. The lowest BCUT2D eigenvalue weighted by Gasteiger charge is -2.02. The highest BCUT2D eigenvalue weighted by molar-refractivity contribution is 7.17. The standard InChI is InChI=1S/C12H8O3S/c13-11-5-8(12(14)15-11)9-6-16-10-4-2-1-3-7(9)10/h1-4,6,8H,5H2. The topological polar surface area (TPSA) is 43.4 Å². The number of ether oxygens (including phenoxy) is 1. The van der Waals surface area contributed by atoms with Gasteiger partial charge in [0, 0.05) is 4.70 Å². The van der Waals surface area contributed by atoms with Crippen molar-refractivity contribution in [2.45, 2.75) is 12.3 Å². The van der Waals surface area contributed by atoms with E-state index in [-0.39, 0.29) is 6.42 Å². The van der Waals surface area contributed by atoms with Crippen LogP contribution in [0.15, 0.2) is 29.6 Å². The fraction of sp³-hybridized carbons (Fsp3) is 0.167. The number of carbonyl (C=O) groups is 2. The summed E-state index contributed by atoms with van der Waals surface area (Å²) in [5.74, 6) is -1.26. The Bertz CT molecular complexity index is 585. The summed E-state index contributed by atoms with van der Waals surface area (Å²) in [7, 11) is 0. The van der Waals surface area contributed by atoms with Crippen LogP contribution in [0.5, 0.6) is 0 Å². The molecular formula is C12H8O3S. The van der Waals surface area contributed by atoms with Crippen molar-refractivity contribution in [3.8, 4) is 0 Å². The summed E-state index contributed by atoms with van der Waals surface area (Å²) in [5.41, 5.74) is 0.913. The summed E-state index contributed by atoms with van der Waals surface area (Å²) in [6.45, 7) is 0. The van der Waals surface area contributed by atoms with Crippen molar-refractivity contribution in [3.63, 3.8) is 0 Å².